The summed E-state index contributed by atoms with van der Waals surface area (Å²) in [7, 11) is 0. The molecule has 30 heterocycles. The van der Waals surface area contributed by atoms with Gasteiger partial charge in [0.05, 0.1) is 92.5 Å². The lowest BCUT2D eigenvalue weighted by Gasteiger charge is -2.48. The first-order valence-electron chi connectivity index (χ1n) is 29.0. The number of ether oxygens (including phenoxy) is 26. The van der Waals surface area contributed by atoms with Crippen LogP contribution < -0.4 is 0 Å². The molecule has 30 aliphatic heterocycles. The largest absolute Gasteiger partial charge is 0.385 e. The van der Waals surface area contributed by atoms with E-state index in [-0.39, 0.29) is 66.1 Å². The molecular formula is C52H80O28. The molecule has 2 N–H and O–H groups in total. The second-order valence-electron chi connectivity index (χ2n) is 21.8. The van der Waals surface area contributed by atoms with Crippen molar-refractivity contribution in [2.75, 3.05) is 119 Å². The van der Waals surface area contributed by atoms with Crippen molar-refractivity contribution in [2.45, 2.75) is 212 Å². The van der Waals surface area contributed by atoms with E-state index in [9.17, 15) is 10.2 Å². The van der Waals surface area contributed by atoms with Gasteiger partial charge in [0, 0.05) is 26.4 Å². The topological polar surface area (TPSA) is 280 Å². The molecule has 30 saturated heterocycles. The highest BCUT2D eigenvalue weighted by molar-refractivity contribution is 5.07. The Kier molecular flexibility index (Phi) is 18.9. The van der Waals surface area contributed by atoms with E-state index in [2.05, 4.69) is 0 Å². The van der Waals surface area contributed by atoms with Gasteiger partial charge in [-0.05, 0) is 27.7 Å². The van der Waals surface area contributed by atoms with Gasteiger partial charge >= 0.3 is 0 Å². The highest BCUT2D eigenvalue weighted by Crippen LogP contribution is 2.46. The van der Waals surface area contributed by atoms with Crippen molar-refractivity contribution < 1.29 is 133 Å². The van der Waals surface area contributed by atoms with E-state index in [0.717, 1.165) is 0 Å². The molecule has 0 amide bonds. The molecule has 0 aromatic carbocycles. The molecule has 0 aliphatic carbocycles. The van der Waals surface area contributed by atoms with Crippen molar-refractivity contribution in [1.29, 1.82) is 0 Å². The molecule has 0 radical (unpaired) electrons. The molecule has 24 bridgehead atoms. The molecule has 0 aromatic heterocycles. The summed E-state index contributed by atoms with van der Waals surface area (Å²) in [5.74, 6) is 0. The van der Waals surface area contributed by atoms with Gasteiger partial charge in [-0.2, -0.15) is 0 Å². The van der Waals surface area contributed by atoms with Crippen LogP contribution in [0.4, 0.5) is 0 Å². The zero-order chi connectivity index (χ0) is 54.4. The van der Waals surface area contributed by atoms with Crippen LogP contribution in [0.2, 0.25) is 0 Å². The molecule has 80 heavy (non-hydrogen) atoms. The molecule has 30 fully saturated rings. The van der Waals surface area contributed by atoms with E-state index in [1.165, 1.54) is 0 Å². The summed E-state index contributed by atoms with van der Waals surface area (Å²) in [4.78, 5) is 0. The highest BCUT2D eigenvalue weighted by Gasteiger charge is 2.65. The Morgan fingerprint density at radius 2 is 0.475 bits per heavy atom. The summed E-state index contributed by atoms with van der Waals surface area (Å²) in [6, 6.07) is 0. The highest BCUT2D eigenvalue weighted by atomic mass is 16.8. The van der Waals surface area contributed by atoms with E-state index in [1.54, 1.807) is 0 Å². The number of aliphatic hydroxyl groups is 2. The Hall–Kier alpha value is -1.12. The Morgan fingerprint density at radius 3 is 0.725 bits per heavy atom. The smallest absolute Gasteiger partial charge is 0.187 e. The van der Waals surface area contributed by atoms with Gasteiger partial charge in [0.15, 0.2) is 37.7 Å². The SMILES string of the molecule is CCOCCO[C@H]1[C@H]2O[C@H]3[C@@H]4OC[C@H]3O[C@H](O[C@H]3[C@@H]5OC[C@H]3O[C@H](O[C@H]3[C@@H]6OC[C@H]3O[C@H](O[C@H]3[C@@H]7OC[C@H]3O[C@H](O[C@H]3[C@@H]8OC[C@H]3O[C@H](O[C@H]3[C@@H]1OC[C@H]3O2)[C@@H]8O)[C@@H]7OCCOCC)[C@@H]6OCCOCC)[C@@H]5O)[C@@H]4OCCOCC. The minimum atomic E-state index is -1.32. The maximum Gasteiger partial charge on any atom is 0.187 e. The molecule has 0 spiro atoms. The molecule has 30 rings (SSSR count). The molecule has 0 saturated carbocycles. The molecular weight excluding hydrogens is 1070 g/mol. The van der Waals surface area contributed by atoms with E-state index >= 15 is 0 Å². The van der Waals surface area contributed by atoms with E-state index in [4.69, 9.17) is 123 Å². The summed E-state index contributed by atoms with van der Waals surface area (Å²) < 4.78 is 167. The summed E-state index contributed by atoms with van der Waals surface area (Å²) >= 11 is 0. The average molecular weight is 1150 g/mol. The first-order chi connectivity index (χ1) is 39.3. The van der Waals surface area contributed by atoms with Gasteiger partial charge in [-0.15, -0.1) is 0 Å². The molecule has 0 unspecified atom stereocenters. The number of rotatable bonds is 20. The van der Waals surface area contributed by atoms with Crippen molar-refractivity contribution in [3.8, 4) is 0 Å². The third-order valence-electron chi connectivity index (χ3n) is 17.0. The Labute approximate surface area is 463 Å². The zero-order valence-corrected chi connectivity index (χ0v) is 45.6. The molecule has 28 nitrogen and oxygen atoms in total. The third kappa shape index (κ3) is 11.4. The Bertz CT molecular complexity index is 1810. The maximum absolute atomic E-state index is 12.1. The van der Waals surface area contributed by atoms with Crippen LogP contribution in [0, 0.1) is 0 Å². The summed E-state index contributed by atoms with van der Waals surface area (Å²) in [6.07, 6.45) is -25.8. The second kappa shape index (κ2) is 26.1. The zero-order valence-electron chi connectivity index (χ0n) is 45.6. The van der Waals surface area contributed by atoms with Gasteiger partial charge in [0.1, 0.15) is 146 Å². The fraction of sp³-hybridized carbons (Fsp3) is 1.00. The number of hydrogen-bond donors (Lipinski definition) is 2. The fourth-order valence-electron chi connectivity index (χ4n) is 13.3. The fourth-order valence-corrected chi connectivity index (χ4v) is 13.3. The van der Waals surface area contributed by atoms with Crippen LogP contribution in [-0.4, -0.2) is 313 Å². The van der Waals surface area contributed by atoms with Crippen LogP contribution in [0.25, 0.3) is 0 Å². The first kappa shape index (κ1) is 57.9. The Balaban J connectivity index is 0.799. The third-order valence-corrected chi connectivity index (χ3v) is 17.0. The van der Waals surface area contributed by atoms with E-state index < -0.39 is 184 Å². The lowest BCUT2D eigenvalue weighted by Crippen LogP contribution is -2.65. The van der Waals surface area contributed by atoms with Gasteiger partial charge in [0.2, 0.25) is 0 Å². The Morgan fingerprint density at radius 1 is 0.263 bits per heavy atom. The second-order valence-corrected chi connectivity index (χ2v) is 21.8. The minimum absolute atomic E-state index is 0.101. The molecule has 30 aliphatic rings. The van der Waals surface area contributed by atoms with Crippen molar-refractivity contribution >= 4 is 0 Å². The van der Waals surface area contributed by atoms with Crippen LogP contribution in [0.1, 0.15) is 27.7 Å². The predicted octanol–water partition coefficient (Wildman–Crippen LogP) is -2.54. The quantitative estimate of drug-likeness (QED) is 0.119. The van der Waals surface area contributed by atoms with Crippen LogP contribution in [-0.2, 0) is 123 Å². The van der Waals surface area contributed by atoms with Crippen LogP contribution >= 0.6 is 0 Å². The van der Waals surface area contributed by atoms with Gasteiger partial charge < -0.3 is 133 Å². The van der Waals surface area contributed by atoms with Crippen molar-refractivity contribution in [1.82, 2.24) is 0 Å². The predicted molar refractivity (Wildman–Crippen MR) is 257 cm³/mol. The lowest BCUT2D eigenvalue weighted by molar-refractivity contribution is -0.372. The monoisotopic (exact) mass is 1150 g/mol. The van der Waals surface area contributed by atoms with Crippen LogP contribution in [0.15, 0.2) is 0 Å². The van der Waals surface area contributed by atoms with E-state index in [0.29, 0.717) is 52.9 Å². The van der Waals surface area contributed by atoms with Gasteiger partial charge in [0.25, 0.3) is 0 Å². The number of aliphatic hydroxyl groups excluding tert-OH is 2. The standard InChI is InChI=1S/C52H80O28/c1-5-55-9-13-59-43-39-33-25(19-65-39)71-51(43)79-35-27-21-67-41(35)45(61-15-11-57-7-3)49(73-27)77-32-24-18-64-38(32)30(54)48(70-24)76-34-26-20-66-40(34)44(60-14-10-56-6-2)52(72-26)80-36-28-22-68-42(36)46(62-16-12-58-8-4)50(74-28)78-31-23-17-63-37(31)29(53)47(69-23)75-33/h23-54H,5-22H2,1-4H3/t23-,24-,25-,26-,27-,28-,29-,30-,31-,32-,33-,34-,35-,36-,37-,38-,39+,40+,41+,42+,43-,44-,45-,46-,47-,48-,49-,50-,51-,52-/m1/s1. The average Bonchev–Trinajstić information content (AvgIpc) is 4.32. The molecule has 28 heteroatoms. The number of hydrogen-bond acceptors (Lipinski definition) is 28. The van der Waals surface area contributed by atoms with Gasteiger partial charge in [-0.1, -0.05) is 0 Å². The molecule has 0 aromatic rings. The van der Waals surface area contributed by atoms with Crippen molar-refractivity contribution in [3.05, 3.63) is 0 Å². The normalized spacial score (nSPS) is 50.9. The summed E-state index contributed by atoms with van der Waals surface area (Å²) in [5, 5.41) is 24.2. The maximum atomic E-state index is 12.1. The van der Waals surface area contributed by atoms with Crippen molar-refractivity contribution in [2.24, 2.45) is 0 Å². The summed E-state index contributed by atoms with van der Waals surface area (Å²) in [5.41, 5.74) is 0. The first-order valence-corrected chi connectivity index (χ1v) is 29.0. The van der Waals surface area contributed by atoms with Crippen LogP contribution in [0.3, 0.4) is 0 Å². The molecule has 456 valence electrons. The van der Waals surface area contributed by atoms with E-state index in [1.807, 2.05) is 27.7 Å². The lowest BCUT2D eigenvalue weighted by atomic mass is 9.97. The summed E-state index contributed by atoms with van der Waals surface area (Å²) in [6.45, 7) is 12.2. The van der Waals surface area contributed by atoms with Crippen molar-refractivity contribution in [3.63, 3.8) is 0 Å². The van der Waals surface area contributed by atoms with Crippen LogP contribution in [0.5, 0.6) is 0 Å². The molecule has 30 atom stereocenters. The van der Waals surface area contributed by atoms with Gasteiger partial charge in [-0.3, -0.25) is 0 Å². The minimum Gasteiger partial charge on any atom is -0.385 e. The van der Waals surface area contributed by atoms with Gasteiger partial charge in [-0.25, -0.2) is 0 Å².